The highest BCUT2D eigenvalue weighted by Crippen LogP contribution is 2.24. The Morgan fingerprint density at radius 3 is 2.73 bits per heavy atom. The Bertz CT molecular complexity index is 1040. The lowest BCUT2D eigenvalue weighted by Gasteiger charge is -2.19. The number of aromatic nitrogens is 2. The SMILES string of the molecule is CCCc1cc(N2CCC(NS(C)(=O)=O)C2)nc(Nc2ccc(C)c(C#N)c2)n1.Cl. The first-order valence-corrected chi connectivity index (χ1v) is 11.5. The van der Waals surface area contributed by atoms with Crippen LogP contribution < -0.4 is 14.9 Å². The Hall–Kier alpha value is -2.41. The van der Waals surface area contributed by atoms with Gasteiger partial charge in [-0.15, -0.1) is 12.4 Å². The molecule has 0 saturated carbocycles. The number of nitrogens with one attached hydrogen (secondary N) is 2. The van der Waals surface area contributed by atoms with Gasteiger partial charge in [-0.1, -0.05) is 19.4 Å². The molecule has 0 spiro atoms. The van der Waals surface area contributed by atoms with Crippen LogP contribution in [0.1, 0.15) is 36.6 Å². The maximum atomic E-state index is 11.5. The largest absolute Gasteiger partial charge is 0.355 e. The summed E-state index contributed by atoms with van der Waals surface area (Å²) in [4.78, 5) is 11.3. The molecule has 2 heterocycles. The van der Waals surface area contributed by atoms with E-state index in [0.717, 1.165) is 48.6 Å². The highest BCUT2D eigenvalue weighted by molar-refractivity contribution is 7.88. The highest BCUT2D eigenvalue weighted by Gasteiger charge is 2.26. The van der Waals surface area contributed by atoms with E-state index in [1.54, 1.807) is 6.07 Å². The number of halogens is 1. The minimum absolute atomic E-state index is 0. The Morgan fingerprint density at radius 1 is 1.30 bits per heavy atom. The maximum absolute atomic E-state index is 11.5. The van der Waals surface area contributed by atoms with Crippen LogP contribution in [0.3, 0.4) is 0 Å². The van der Waals surface area contributed by atoms with Gasteiger partial charge < -0.3 is 10.2 Å². The van der Waals surface area contributed by atoms with Crippen molar-refractivity contribution in [1.82, 2.24) is 14.7 Å². The fourth-order valence-electron chi connectivity index (χ4n) is 3.40. The van der Waals surface area contributed by atoms with Crippen LogP contribution in [0.2, 0.25) is 0 Å². The Kier molecular flexibility index (Phi) is 8.01. The Labute approximate surface area is 184 Å². The van der Waals surface area contributed by atoms with E-state index in [1.165, 1.54) is 6.26 Å². The summed E-state index contributed by atoms with van der Waals surface area (Å²) in [6.45, 7) is 5.28. The van der Waals surface area contributed by atoms with Gasteiger partial charge in [0.2, 0.25) is 16.0 Å². The van der Waals surface area contributed by atoms with Crippen molar-refractivity contribution in [3.63, 3.8) is 0 Å². The zero-order valence-electron chi connectivity index (χ0n) is 17.3. The molecule has 10 heteroatoms. The predicted octanol–water partition coefficient (Wildman–Crippen LogP) is 2.90. The summed E-state index contributed by atoms with van der Waals surface area (Å²) in [5, 5.41) is 12.5. The maximum Gasteiger partial charge on any atom is 0.229 e. The van der Waals surface area contributed by atoms with Crippen LogP contribution in [0.25, 0.3) is 0 Å². The molecule has 3 rings (SSSR count). The predicted molar refractivity (Wildman–Crippen MR) is 121 cm³/mol. The van der Waals surface area contributed by atoms with Crippen molar-refractivity contribution in [2.45, 2.75) is 39.2 Å². The third-order valence-corrected chi connectivity index (χ3v) is 5.54. The molecule has 1 aromatic carbocycles. The monoisotopic (exact) mass is 450 g/mol. The van der Waals surface area contributed by atoms with Crippen LogP contribution in [0.5, 0.6) is 0 Å². The van der Waals surface area contributed by atoms with Crippen molar-refractivity contribution >= 4 is 39.9 Å². The van der Waals surface area contributed by atoms with Crippen LogP contribution in [-0.4, -0.2) is 43.8 Å². The molecule has 0 amide bonds. The number of aryl methyl sites for hydroxylation is 2. The average molecular weight is 451 g/mol. The summed E-state index contributed by atoms with van der Waals surface area (Å²) in [6.07, 6.45) is 3.68. The molecule has 2 N–H and O–H groups in total. The van der Waals surface area contributed by atoms with Crippen molar-refractivity contribution < 1.29 is 8.42 Å². The van der Waals surface area contributed by atoms with E-state index in [4.69, 9.17) is 0 Å². The number of hydrogen-bond donors (Lipinski definition) is 2. The Balaban J connectivity index is 0.00000320. The molecule has 1 aliphatic rings. The third kappa shape index (κ3) is 6.29. The molecule has 2 aromatic rings. The minimum atomic E-state index is -3.24. The van der Waals surface area contributed by atoms with Gasteiger partial charge in [-0.25, -0.2) is 18.1 Å². The van der Waals surface area contributed by atoms with Crippen LogP contribution >= 0.6 is 12.4 Å². The lowest BCUT2D eigenvalue weighted by Crippen LogP contribution is -2.36. The zero-order chi connectivity index (χ0) is 21.0. The number of hydrogen-bond acceptors (Lipinski definition) is 7. The van der Waals surface area contributed by atoms with Crippen LogP contribution in [0.15, 0.2) is 24.3 Å². The van der Waals surface area contributed by atoms with Gasteiger partial charge in [0.1, 0.15) is 5.82 Å². The van der Waals surface area contributed by atoms with Crippen molar-refractivity contribution in [1.29, 1.82) is 5.26 Å². The van der Waals surface area contributed by atoms with Crippen molar-refractivity contribution in [3.8, 4) is 6.07 Å². The first-order chi connectivity index (χ1) is 13.8. The molecule has 0 aliphatic carbocycles. The van der Waals surface area contributed by atoms with E-state index < -0.39 is 10.0 Å². The molecule has 1 saturated heterocycles. The summed E-state index contributed by atoms with van der Waals surface area (Å²) in [6, 6.07) is 9.60. The van der Waals surface area contributed by atoms with Crippen molar-refractivity contribution in [3.05, 3.63) is 41.1 Å². The van der Waals surface area contributed by atoms with Crippen LogP contribution in [0, 0.1) is 18.3 Å². The number of anilines is 3. The van der Waals surface area contributed by atoms with Gasteiger partial charge in [-0.3, -0.25) is 0 Å². The zero-order valence-corrected chi connectivity index (χ0v) is 19.0. The normalized spacial score (nSPS) is 16.1. The summed E-state index contributed by atoms with van der Waals surface area (Å²) in [7, 11) is -3.24. The van der Waals surface area contributed by atoms with E-state index in [0.29, 0.717) is 18.1 Å². The van der Waals surface area contributed by atoms with E-state index in [-0.39, 0.29) is 18.4 Å². The molecule has 1 aromatic heterocycles. The van der Waals surface area contributed by atoms with Gasteiger partial charge in [0.15, 0.2) is 0 Å². The van der Waals surface area contributed by atoms with Gasteiger partial charge in [0.05, 0.1) is 17.9 Å². The van der Waals surface area contributed by atoms with E-state index in [1.807, 2.05) is 25.1 Å². The average Bonchev–Trinajstić information content (AvgIpc) is 3.10. The molecule has 162 valence electrons. The smallest absolute Gasteiger partial charge is 0.229 e. The second-order valence-corrected chi connectivity index (χ2v) is 9.16. The number of nitrogens with zero attached hydrogens (tertiary/aromatic N) is 4. The Morgan fingerprint density at radius 2 is 2.07 bits per heavy atom. The summed E-state index contributed by atoms with van der Waals surface area (Å²) in [5.74, 6) is 1.24. The molecule has 8 nitrogen and oxygen atoms in total. The van der Waals surface area contributed by atoms with Crippen molar-refractivity contribution in [2.24, 2.45) is 0 Å². The van der Waals surface area contributed by atoms with E-state index in [2.05, 4.69) is 37.9 Å². The van der Waals surface area contributed by atoms with E-state index in [9.17, 15) is 13.7 Å². The molecule has 30 heavy (non-hydrogen) atoms. The molecule has 1 unspecified atom stereocenters. The lowest BCUT2D eigenvalue weighted by atomic mass is 10.1. The number of nitriles is 1. The van der Waals surface area contributed by atoms with Gasteiger partial charge in [-0.2, -0.15) is 10.2 Å². The second-order valence-electron chi connectivity index (χ2n) is 7.38. The number of benzene rings is 1. The van der Waals surface area contributed by atoms with Gasteiger partial charge in [-0.05, 0) is 37.5 Å². The molecule has 0 bridgehead atoms. The fourth-order valence-corrected chi connectivity index (χ4v) is 4.20. The van der Waals surface area contributed by atoms with Gasteiger partial charge >= 0.3 is 0 Å². The standard InChI is InChI=1S/C20H26N6O2S.ClH/c1-4-5-16-11-19(26-9-8-18(13-26)25-29(3,27)28)24-20(22-16)23-17-7-6-14(2)15(10-17)12-21;/h6-7,10-11,18,25H,4-5,8-9,13H2,1-3H3,(H,22,23,24);1H. The van der Waals surface area contributed by atoms with Crippen LogP contribution in [0.4, 0.5) is 17.5 Å². The van der Waals surface area contributed by atoms with Crippen LogP contribution in [-0.2, 0) is 16.4 Å². The fraction of sp³-hybridized carbons (Fsp3) is 0.450. The second kappa shape index (κ2) is 10.1. The molecule has 1 aliphatic heterocycles. The van der Waals surface area contributed by atoms with Gasteiger partial charge in [0, 0.05) is 36.6 Å². The summed E-state index contributed by atoms with van der Waals surface area (Å²) >= 11 is 0. The lowest BCUT2D eigenvalue weighted by molar-refractivity contribution is 0.567. The molecule has 1 atom stereocenters. The minimum Gasteiger partial charge on any atom is -0.355 e. The van der Waals surface area contributed by atoms with Gasteiger partial charge in [0.25, 0.3) is 0 Å². The quantitative estimate of drug-likeness (QED) is 0.667. The van der Waals surface area contributed by atoms with E-state index >= 15 is 0 Å². The highest BCUT2D eigenvalue weighted by atomic mass is 35.5. The molecular weight excluding hydrogens is 424 g/mol. The third-order valence-electron chi connectivity index (χ3n) is 4.78. The number of rotatable bonds is 7. The molecular formula is C20H27ClN6O2S. The molecule has 1 fully saturated rings. The number of sulfonamides is 1. The first kappa shape index (κ1) is 23.9. The topological polar surface area (TPSA) is 111 Å². The first-order valence-electron chi connectivity index (χ1n) is 9.65. The van der Waals surface area contributed by atoms with Crippen molar-refractivity contribution in [2.75, 3.05) is 29.6 Å². The summed E-state index contributed by atoms with van der Waals surface area (Å²) in [5.41, 5.74) is 3.20. The molecule has 0 radical (unpaired) electrons. The summed E-state index contributed by atoms with van der Waals surface area (Å²) < 4.78 is 25.7.